The Labute approximate surface area is 126 Å². The van der Waals surface area contributed by atoms with Gasteiger partial charge < -0.3 is 0 Å². The van der Waals surface area contributed by atoms with E-state index in [1.807, 2.05) is 47.0 Å². The first-order valence-corrected chi connectivity index (χ1v) is 10.4. The molecule has 0 aliphatic rings. The Morgan fingerprint density at radius 2 is 0.786 bits per heavy atom. The summed E-state index contributed by atoms with van der Waals surface area (Å²) < 4.78 is 1.05. The van der Waals surface area contributed by atoms with E-state index in [1.165, 1.54) is 0 Å². The molecule has 0 spiro atoms. The average molecular weight is 343 g/mol. The third-order valence-electron chi connectivity index (χ3n) is 1.18. The molecule has 0 aromatic heterocycles. The van der Waals surface area contributed by atoms with Gasteiger partial charge in [-0.25, -0.2) is 0 Å². The largest absolute Gasteiger partial charge is 0.168 e. The quantitative estimate of drug-likeness (QED) is 0.367. The van der Waals surface area contributed by atoms with Gasteiger partial charge in [0.2, 0.25) is 0 Å². The molecule has 0 saturated heterocycles. The van der Waals surface area contributed by atoms with Crippen LogP contribution in [0.15, 0.2) is 0 Å². The summed E-state index contributed by atoms with van der Waals surface area (Å²) in [4.78, 5) is 0. The first kappa shape index (κ1) is 16.8. The lowest BCUT2D eigenvalue weighted by atomic mass is 10.9. The van der Waals surface area contributed by atoms with Gasteiger partial charge in [0.05, 0.1) is 9.16 Å². The highest BCUT2D eigenvalue weighted by Crippen LogP contribution is 2.40. The Morgan fingerprint density at radius 1 is 0.571 bits per heavy atom. The molecule has 14 heavy (non-hydrogen) atoms. The Morgan fingerprint density at radius 3 is 0.929 bits per heavy atom. The van der Waals surface area contributed by atoms with Crippen molar-refractivity contribution in [2.75, 3.05) is 20.3 Å². The van der Waals surface area contributed by atoms with Crippen LogP contribution in [-0.4, -0.2) is 29.5 Å². The molecule has 0 amide bonds. The van der Waals surface area contributed by atoms with Crippen molar-refractivity contribution in [1.29, 1.82) is 0 Å². The minimum Gasteiger partial charge on any atom is -0.168 e. The lowest BCUT2D eigenvalue weighted by Crippen LogP contribution is -2.13. The smallest absolute Gasteiger partial charge is 0.0729 e. The second kappa shape index (κ2) is 12.3. The third-order valence-corrected chi connectivity index (χ3v) is 8.29. The van der Waals surface area contributed by atoms with Crippen molar-refractivity contribution in [3.05, 3.63) is 0 Å². The van der Waals surface area contributed by atoms with Gasteiger partial charge in [-0.3, -0.25) is 0 Å². The Bertz CT molecular complexity index is 94.4. The highest BCUT2D eigenvalue weighted by atomic mass is 32.2. The Balaban J connectivity index is 4.06. The van der Waals surface area contributed by atoms with Gasteiger partial charge in [-0.1, -0.05) is 0 Å². The van der Waals surface area contributed by atoms with E-state index in [0.29, 0.717) is 9.16 Å². The predicted octanol–water partition coefficient (Wildman–Crippen LogP) is 4.12. The van der Waals surface area contributed by atoms with Crippen molar-refractivity contribution in [1.82, 2.24) is 0 Å². The molecule has 0 saturated carbocycles. The van der Waals surface area contributed by atoms with Crippen molar-refractivity contribution >= 4 is 97.6 Å². The zero-order valence-electron chi connectivity index (χ0n) is 7.40. The van der Waals surface area contributed by atoms with E-state index in [4.69, 9.17) is 0 Å². The van der Waals surface area contributed by atoms with Gasteiger partial charge in [0.25, 0.3) is 0 Å². The van der Waals surface area contributed by atoms with E-state index in [2.05, 4.69) is 50.5 Å². The summed E-state index contributed by atoms with van der Waals surface area (Å²) in [6.45, 7) is 0. The number of thioether (sulfide) groups is 4. The van der Waals surface area contributed by atoms with Crippen LogP contribution in [0.4, 0.5) is 0 Å². The fourth-order valence-corrected chi connectivity index (χ4v) is 8.53. The molecule has 0 N–H and O–H groups in total. The molecule has 0 bridgehead atoms. The molecular weight excluding hydrogens is 329 g/mol. The summed E-state index contributed by atoms with van der Waals surface area (Å²) in [7, 11) is 0. The first-order chi connectivity index (χ1) is 6.79. The first-order valence-electron chi connectivity index (χ1n) is 3.70. The fourth-order valence-electron chi connectivity index (χ4n) is 0.704. The molecule has 0 heterocycles. The van der Waals surface area contributed by atoms with Gasteiger partial charge in [-0.05, 0) is 0 Å². The van der Waals surface area contributed by atoms with Crippen LogP contribution < -0.4 is 0 Å². The average Bonchev–Trinajstić information content (AvgIpc) is 2.17. The summed E-state index contributed by atoms with van der Waals surface area (Å²) in [5.41, 5.74) is 0. The van der Waals surface area contributed by atoms with Crippen LogP contribution in [0.5, 0.6) is 0 Å². The molecule has 0 radical (unpaired) electrons. The minimum atomic E-state index is 0.527. The Kier molecular flexibility index (Phi) is 14.7. The normalized spacial score (nSPS) is 11.6. The molecule has 0 aliphatic carbocycles. The number of hydrogen-bond acceptors (Lipinski definition) is 8. The maximum Gasteiger partial charge on any atom is 0.0729 e. The van der Waals surface area contributed by atoms with Crippen molar-refractivity contribution < 1.29 is 0 Å². The van der Waals surface area contributed by atoms with Gasteiger partial charge in [0.15, 0.2) is 0 Å². The van der Waals surface area contributed by atoms with Crippen LogP contribution in [0.25, 0.3) is 0 Å². The van der Waals surface area contributed by atoms with Crippen LogP contribution in [0, 0.1) is 0 Å². The summed E-state index contributed by atoms with van der Waals surface area (Å²) in [5, 5.41) is 3.40. The lowest BCUT2D eigenvalue weighted by Gasteiger charge is -2.23. The second-order valence-corrected chi connectivity index (χ2v) is 10.0. The van der Waals surface area contributed by atoms with E-state index in [1.54, 1.807) is 0 Å². The summed E-state index contributed by atoms with van der Waals surface area (Å²) in [5.74, 6) is 0. The molecule has 0 rings (SSSR count). The molecule has 0 nitrogen and oxygen atoms in total. The van der Waals surface area contributed by atoms with Crippen LogP contribution >= 0.6 is 97.6 Å². The van der Waals surface area contributed by atoms with E-state index < -0.39 is 0 Å². The molecule has 0 aliphatic heterocycles. The number of rotatable bonds is 9. The highest BCUT2D eigenvalue weighted by Gasteiger charge is 2.21. The highest BCUT2D eigenvalue weighted by molar-refractivity contribution is 8.29. The van der Waals surface area contributed by atoms with Gasteiger partial charge in [0.1, 0.15) is 0 Å². The fraction of sp³-hybridized carbons (Fsp3) is 1.00. The van der Waals surface area contributed by atoms with E-state index in [9.17, 15) is 0 Å². The van der Waals surface area contributed by atoms with Crippen molar-refractivity contribution in [2.24, 2.45) is 0 Å². The molecule has 86 valence electrons. The molecule has 0 fully saturated rings. The van der Waals surface area contributed by atoms with Gasteiger partial charge in [0, 0.05) is 20.3 Å². The Hall–Kier alpha value is 2.80. The molecular formula is C6H14S8. The lowest BCUT2D eigenvalue weighted by molar-refractivity contribution is 1.36. The molecule has 0 aromatic carbocycles. The van der Waals surface area contributed by atoms with Crippen LogP contribution in [0.3, 0.4) is 0 Å². The summed E-state index contributed by atoms with van der Waals surface area (Å²) in [6.07, 6.45) is 0. The van der Waals surface area contributed by atoms with E-state index in [0.717, 1.165) is 20.3 Å². The molecule has 0 atom stereocenters. The summed E-state index contributed by atoms with van der Waals surface area (Å²) in [6, 6.07) is 0. The van der Waals surface area contributed by atoms with Crippen LogP contribution in [0.2, 0.25) is 0 Å². The predicted molar refractivity (Wildman–Crippen MR) is 93.4 cm³/mol. The summed E-state index contributed by atoms with van der Waals surface area (Å²) >= 11 is 24.4. The van der Waals surface area contributed by atoms with Gasteiger partial charge >= 0.3 is 0 Å². The number of thiol groups is 4. The van der Waals surface area contributed by atoms with E-state index in [-0.39, 0.29) is 0 Å². The number of hydrogen-bond donors (Lipinski definition) is 4. The topological polar surface area (TPSA) is 0 Å². The molecule has 0 aromatic rings. The maximum atomic E-state index is 4.25. The van der Waals surface area contributed by atoms with Gasteiger partial charge in [-0.2, -0.15) is 50.5 Å². The van der Waals surface area contributed by atoms with Crippen molar-refractivity contribution in [3.8, 4) is 0 Å². The maximum absolute atomic E-state index is 4.25. The molecule has 0 unspecified atom stereocenters. The monoisotopic (exact) mass is 342 g/mol. The molecule has 8 heteroatoms. The SMILES string of the molecule is SCSC(SCS)C(SCS)SCS. The van der Waals surface area contributed by atoms with Crippen molar-refractivity contribution in [2.45, 2.75) is 9.16 Å². The van der Waals surface area contributed by atoms with E-state index >= 15 is 0 Å². The zero-order valence-corrected chi connectivity index (χ0v) is 14.2. The second-order valence-electron chi connectivity index (χ2n) is 1.92. The zero-order chi connectivity index (χ0) is 10.8. The minimum absolute atomic E-state index is 0.527. The van der Waals surface area contributed by atoms with Crippen LogP contribution in [-0.2, 0) is 0 Å². The van der Waals surface area contributed by atoms with Crippen LogP contribution in [0.1, 0.15) is 0 Å². The standard InChI is InChI=1S/C6H14S8/c7-1-11-5(12-2-8)6(13-3-9)14-4-10/h5-10H,1-4H2. The van der Waals surface area contributed by atoms with Crippen molar-refractivity contribution in [3.63, 3.8) is 0 Å². The third kappa shape index (κ3) is 7.97. The van der Waals surface area contributed by atoms with Gasteiger partial charge in [-0.15, -0.1) is 47.0 Å².